The Kier molecular flexibility index (Phi) is 4.73. The molecule has 0 amide bonds. The van der Waals surface area contributed by atoms with Crippen molar-refractivity contribution in [3.05, 3.63) is 41.8 Å². The molecular weight excluding hydrogens is 276 g/mol. The highest BCUT2D eigenvalue weighted by atomic mass is 16.4. The minimum atomic E-state index is 0.576. The predicted octanol–water partition coefficient (Wildman–Crippen LogP) is 2.91. The molecular formula is C17H24N4O. The highest BCUT2D eigenvalue weighted by Gasteiger charge is 2.20. The summed E-state index contributed by atoms with van der Waals surface area (Å²) in [5, 5.41) is 8.19. The molecule has 1 atom stereocenters. The third-order valence-corrected chi connectivity index (χ3v) is 4.29. The van der Waals surface area contributed by atoms with Gasteiger partial charge in [0.2, 0.25) is 5.89 Å². The molecule has 5 heteroatoms. The van der Waals surface area contributed by atoms with E-state index in [0.717, 1.165) is 19.6 Å². The Balaban J connectivity index is 1.58. The number of nitrogens with zero attached hydrogens (tertiary/aromatic N) is 4. The van der Waals surface area contributed by atoms with E-state index in [9.17, 15) is 0 Å². The fraction of sp³-hybridized carbons (Fsp3) is 0.529. The van der Waals surface area contributed by atoms with Crippen molar-refractivity contribution < 1.29 is 4.42 Å². The Morgan fingerprint density at radius 3 is 2.68 bits per heavy atom. The Hall–Kier alpha value is -1.88. The van der Waals surface area contributed by atoms with Crippen molar-refractivity contribution in [2.45, 2.75) is 31.7 Å². The average molecular weight is 300 g/mol. The van der Waals surface area contributed by atoms with Crippen LogP contribution in [0.25, 0.3) is 0 Å². The lowest BCUT2D eigenvalue weighted by atomic mass is 9.92. The summed E-state index contributed by atoms with van der Waals surface area (Å²) < 4.78 is 5.66. The van der Waals surface area contributed by atoms with Crippen molar-refractivity contribution in [3.8, 4) is 0 Å². The van der Waals surface area contributed by atoms with Crippen LogP contribution in [-0.4, -0.2) is 42.3 Å². The standard InChI is InChI=1S/C17H24N4O/c1-20(2)17-19-18-16(22-17)13-21-11-6-9-15(10-12-21)14-7-4-3-5-8-14/h3-5,7-8,15H,6,9-13H2,1-2H3/t15-/m1/s1. The van der Waals surface area contributed by atoms with E-state index in [-0.39, 0.29) is 0 Å². The number of anilines is 1. The van der Waals surface area contributed by atoms with Gasteiger partial charge in [0.15, 0.2) is 0 Å². The zero-order valence-electron chi connectivity index (χ0n) is 13.4. The first-order valence-corrected chi connectivity index (χ1v) is 7.99. The molecule has 0 spiro atoms. The quantitative estimate of drug-likeness (QED) is 0.869. The molecule has 2 aromatic rings. The minimum absolute atomic E-state index is 0.576. The van der Waals surface area contributed by atoms with Crippen molar-refractivity contribution >= 4 is 6.01 Å². The van der Waals surface area contributed by atoms with Crippen LogP contribution >= 0.6 is 0 Å². The van der Waals surface area contributed by atoms with Gasteiger partial charge in [-0.05, 0) is 43.8 Å². The van der Waals surface area contributed by atoms with Crippen LogP contribution in [0.4, 0.5) is 6.01 Å². The van der Waals surface area contributed by atoms with Crippen molar-refractivity contribution in [2.75, 3.05) is 32.1 Å². The summed E-state index contributed by atoms with van der Waals surface area (Å²) in [6.45, 7) is 2.94. The van der Waals surface area contributed by atoms with Crippen molar-refractivity contribution in [3.63, 3.8) is 0 Å². The molecule has 3 rings (SSSR count). The van der Waals surface area contributed by atoms with Crippen LogP contribution < -0.4 is 4.90 Å². The summed E-state index contributed by atoms with van der Waals surface area (Å²) in [4.78, 5) is 4.26. The highest BCUT2D eigenvalue weighted by molar-refractivity contribution is 5.20. The molecule has 1 aliphatic heterocycles. The monoisotopic (exact) mass is 300 g/mol. The van der Waals surface area contributed by atoms with Gasteiger partial charge in [-0.2, -0.15) is 0 Å². The summed E-state index contributed by atoms with van der Waals surface area (Å²) >= 11 is 0. The molecule has 0 saturated carbocycles. The molecule has 0 N–H and O–H groups in total. The fourth-order valence-corrected chi connectivity index (χ4v) is 3.05. The van der Waals surface area contributed by atoms with E-state index in [4.69, 9.17) is 4.42 Å². The maximum absolute atomic E-state index is 5.66. The van der Waals surface area contributed by atoms with Gasteiger partial charge in [0.05, 0.1) is 6.54 Å². The van der Waals surface area contributed by atoms with Gasteiger partial charge >= 0.3 is 6.01 Å². The molecule has 0 radical (unpaired) electrons. The van der Waals surface area contributed by atoms with Crippen LogP contribution in [-0.2, 0) is 6.54 Å². The van der Waals surface area contributed by atoms with Gasteiger partial charge in [-0.3, -0.25) is 4.90 Å². The van der Waals surface area contributed by atoms with E-state index < -0.39 is 0 Å². The van der Waals surface area contributed by atoms with Gasteiger partial charge in [0.1, 0.15) is 0 Å². The second kappa shape index (κ2) is 6.92. The van der Waals surface area contributed by atoms with Crippen LogP contribution in [0.1, 0.15) is 36.6 Å². The Morgan fingerprint density at radius 1 is 1.14 bits per heavy atom. The molecule has 118 valence electrons. The highest BCUT2D eigenvalue weighted by Crippen LogP contribution is 2.28. The second-order valence-electron chi connectivity index (χ2n) is 6.19. The lowest BCUT2D eigenvalue weighted by Gasteiger charge is -2.18. The van der Waals surface area contributed by atoms with E-state index in [0.29, 0.717) is 17.8 Å². The first-order valence-electron chi connectivity index (χ1n) is 7.99. The Bertz CT molecular complexity index is 581. The Labute approximate surface area is 131 Å². The molecule has 1 aromatic carbocycles. The lowest BCUT2D eigenvalue weighted by molar-refractivity contribution is 0.247. The summed E-state index contributed by atoms with van der Waals surface area (Å²) in [6.07, 6.45) is 3.67. The van der Waals surface area contributed by atoms with E-state index in [1.807, 2.05) is 19.0 Å². The smallest absolute Gasteiger partial charge is 0.317 e. The summed E-state index contributed by atoms with van der Waals surface area (Å²) in [5.41, 5.74) is 1.47. The van der Waals surface area contributed by atoms with Gasteiger partial charge in [-0.1, -0.05) is 35.4 Å². The van der Waals surface area contributed by atoms with Gasteiger partial charge in [-0.15, -0.1) is 5.10 Å². The second-order valence-corrected chi connectivity index (χ2v) is 6.19. The molecule has 5 nitrogen and oxygen atoms in total. The van der Waals surface area contributed by atoms with Gasteiger partial charge < -0.3 is 9.32 Å². The molecule has 0 aliphatic carbocycles. The SMILES string of the molecule is CN(C)c1nnc(CN2CCC[C@@H](c3ccccc3)CC2)o1. The number of hydrogen-bond donors (Lipinski definition) is 0. The number of likely N-dealkylation sites (tertiary alicyclic amines) is 1. The first kappa shape index (κ1) is 15.0. The van der Waals surface area contributed by atoms with Crippen LogP contribution in [0.3, 0.4) is 0 Å². The van der Waals surface area contributed by atoms with Gasteiger partial charge in [0, 0.05) is 14.1 Å². The van der Waals surface area contributed by atoms with E-state index in [1.165, 1.54) is 24.8 Å². The molecule has 0 bridgehead atoms. The van der Waals surface area contributed by atoms with Crippen LogP contribution in [0.5, 0.6) is 0 Å². The third kappa shape index (κ3) is 3.65. The normalized spacial score (nSPS) is 19.8. The zero-order chi connectivity index (χ0) is 15.4. The average Bonchev–Trinajstić information content (AvgIpc) is 2.87. The maximum Gasteiger partial charge on any atom is 0.317 e. The van der Waals surface area contributed by atoms with Crippen molar-refractivity contribution in [1.82, 2.24) is 15.1 Å². The lowest BCUT2D eigenvalue weighted by Crippen LogP contribution is -2.24. The van der Waals surface area contributed by atoms with E-state index >= 15 is 0 Å². The summed E-state index contributed by atoms with van der Waals surface area (Å²) in [6, 6.07) is 11.4. The number of rotatable bonds is 4. The van der Waals surface area contributed by atoms with Gasteiger partial charge in [0.25, 0.3) is 0 Å². The van der Waals surface area contributed by atoms with E-state index in [2.05, 4.69) is 45.4 Å². The number of hydrogen-bond acceptors (Lipinski definition) is 5. The molecule has 2 heterocycles. The van der Waals surface area contributed by atoms with Crippen LogP contribution in [0.15, 0.2) is 34.7 Å². The van der Waals surface area contributed by atoms with Crippen molar-refractivity contribution in [1.29, 1.82) is 0 Å². The first-order chi connectivity index (χ1) is 10.7. The molecule has 22 heavy (non-hydrogen) atoms. The molecule has 1 aromatic heterocycles. The minimum Gasteiger partial charge on any atom is -0.407 e. The third-order valence-electron chi connectivity index (χ3n) is 4.29. The number of aromatic nitrogens is 2. The molecule has 1 saturated heterocycles. The van der Waals surface area contributed by atoms with Crippen LogP contribution in [0, 0.1) is 0 Å². The van der Waals surface area contributed by atoms with Gasteiger partial charge in [-0.25, -0.2) is 0 Å². The largest absolute Gasteiger partial charge is 0.407 e. The zero-order valence-corrected chi connectivity index (χ0v) is 13.4. The topological polar surface area (TPSA) is 45.4 Å². The summed E-state index contributed by atoms with van der Waals surface area (Å²) in [5.74, 6) is 1.38. The Morgan fingerprint density at radius 2 is 1.95 bits per heavy atom. The molecule has 0 unspecified atom stereocenters. The fourth-order valence-electron chi connectivity index (χ4n) is 3.05. The maximum atomic E-state index is 5.66. The predicted molar refractivity (Wildman–Crippen MR) is 86.9 cm³/mol. The molecule has 1 fully saturated rings. The van der Waals surface area contributed by atoms with Crippen LogP contribution in [0.2, 0.25) is 0 Å². The van der Waals surface area contributed by atoms with Crippen molar-refractivity contribution in [2.24, 2.45) is 0 Å². The van der Waals surface area contributed by atoms with E-state index in [1.54, 1.807) is 0 Å². The number of benzene rings is 1. The molecule has 1 aliphatic rings. The summed E-state index contributed by atoms with van der Waals surface area (Å²) in [7, 11) is 3.82.